The summed E-state index contributed by atoms with van der Waals surface area (Å²) in [5.74, 6) is -0.246. The second kappa shape index (κ2) is 8.05. The van der Waals surface area contributed by atoms with E-state index in [0.29, 0.717) is 22.8 Å². The van der Waals surface area contributed by atoms with Gasteiger partial charge in [-0.25, -0.2) is 0 Å². The van der Waals surface area contributed by atoms with Crippen molar-refractivity contribution in [3.63, 3.8) is 0 Å². The number of aromatic nitrogens is 4. The van der Waals surface area contributed by atoms with Crippen molar-refractivity contribution in [3.8, 4) is 11.4 Å². The summed E-state index contributed by atoms with van der Waals surface area (Å²) in [6.07, 6.45) is 3.31. The van der Waals surface area contributed by atoms with Crippen LogP contribution in [0.4, 0.5) is 0 Å². The molecule has 3 aromatic heterocycles. The topological polar surface area (TPSA) is 101 Å². The average molecular weight is 400 g/mol. The number of furan rings is 1. The van der Waals surface area contributed by atoms with Crippen LogP contribution in [0, 0.1) is 20.8 Å². The molecule has 0 spiro atoms. The van der Waals surface area contributed by atoms with Crippen molar-refractivity contribution < 1.29 is 14.3 Å². The number of rotatable bonds is 7. The molecular weight excluding hydrogens is 378 g/mol. The maximum atomic E-state index is 10.9. The van der Waals surface area contributed by atoms with Crippen molar-refractivity contribution >= 4 is 23.9 Å². The van der Waals surface area contributed by atoms with Crippen LogP contribution in [0.5, 0.6) is 0 Å². The Bertz CT molecular complexity index is 1030. The van der Waals surface area contributed by atoms with Crippen molar-refractivity contribution in [2.24, 2.45) is 5.10 Å². The van der Waals surface area contributed by atoms with Gasteiger partial charge in [-0.05, 0) is 46.8 Å². The molecule has 0 saturated carbocycles. The molecule has 28 heavy (non-hydrogen) atoms. The number of hydrogen-bond donors (Lipinski definition) is 0. The highest BCUT2D eigenvalue weighted by Gasteiger charge is 2.18. The summed E-state index contributed by atoms with van der Waals surface area (Å²) in [6, 6.07) is 4.19. The summed E-state index contributed by atoms with van der Waals surface area (Å²) in [4.78, 5) is 10.9. The third-order valence-electron chi connectivity index (χ3n) is 4.38. The van der Waals surface area contributed by atoms with E-state index < -0.39 is 5.97 Å². The van der Waals surface area contributed by atoms with Gasteiger partial charge in [0.15, 0.2) is 5.82 Å². The molecule has 0 atom stereocenters. The number of carboxylic acid groups (broad SMARTS) is 1. The Morgan fingerprint density at radius 2 is 2.11 bits per heavy atom. The lowest BCUT2D eigenvalue weighted by atomic mass is 10.2. The predicted molar refractivity (Wildman–Crippen MR) is 105 cm³/mol. The fraction of sp³-hybridized carbons (Fsp3) is 0.368. The molecule has 3 aromatic rings. The van der Waals surface area contributed by atoms with Gasteiger partial charge in [0.25, 0.3) is 0 Å². The normalized spacial score (nSPS) is 11.8. The molecule has 0 aliphatic carbocycles. The Kier molecular flexibility index (Phi) is 5.73. The van der Waals surface area contributed by atoms with E-state index >= 15 is 0 Å². The molecule has 0 saturated heterocycles. The highest BCUT2D eigenvalue weighted by Crippen LogP contribution is 2.27. The minimum absolute atomic E-state index is 0.236. The van der Waals surface area contributed by atoms with Crippen LogP contribution in [-0.2, 0) is 4.79 Å². The highest BCUT2D eigenvalue weighted by atomic mass is 32.2. The van der Waals surface area contributed by atoms with E-state index in [1.54, 1.807) is 18.5 Å². The van der Waals surface area contributed by atoms with E-state index in [2.05, 4.69) is 46.7 Å². The van der Waals surface area contributed by atoms with Crippen LogP contribution < -0.4 is 5.11 Å². The molecule has 0 amide bonds. The molecule has 8 nitrogen and oxygen atoms in total. The maximum absolute atomic E-state index is 10.9. The minimum Gasteiger partial charge on any atom is -0.549 e. The maximum Gasteiger partial charge on any atom is 0.212 e. The molecule has 148 valence electrons. The Hall–Kier alpha value is -2.81. The van der Waals surface area contributed by atoms with Gasteiger partial charge in [0.2, 0.25) is 5.16 Å². The van der Waals surface area contributed by atoms with Crippen molar-refractivity contribution in [1.29, 1.82) is 0 Å². The molecule has 0 fully saturated rings. The zero-order chi connectivity index (χ0) is 20.4. The number of hydrogen-bond acceptors (Lipinski definition) is 7. The first-order valence-electron chi connectivity index (χ1n) is 8.85. The number of aliphatic carboxylic acids is 1. The van der Waals surface area contributed by atoms with Crippen LogP contribution in [0.2, 0.25) is 0 Å². The summed E-state index contributed by atoms with van der Waals surface area (Å²) in [7, 11) is 0. The Morgan fingerprint density at radius 1 is 1.36 bits per heavy atom. The van der Waals surface area contributed by atoms with E-state index in [4.69, 9.17) is 4.42 Å². The summed E-state index contributed by atoms with van der Waals surface area (Å²) in [5.41, 5.74) is 3.98. The molecule has 3 rings (SSSR count). The molecule has 9 heteroatoms. The average Bonchev–Trinajstić information content (AvgIpc) is 3.28. The van der Waals surface area contributed by atoms with E-state index in [1.807, 2.05) is 13.8 Å². The smallest absolute Gasteiger partial charge is 0.212 e. The molecule has 0 aliphatic rings. The zero-order valence-electron chi connectivity index (χ0n) is 16.5. The number of nitrogens with zero attached hydrogens (tertiary/aromatic N) is 5. The van der Waals surface area contributed by atoms with Gasteiger partial charge in [-0.3, -0.25) is 0 Å². The van der Waals surface area contributed by atoms with Gasteiger partial charge >= 0.3 is 0 Å². The molecule has 0 unspecified atom stereocenters. The number of carbonyl (C=O) groups is 1. The summed E-state index contributed by atoms with van der Waals surface area (Å²) < 4.78 is 9.13. The third-order valence-corrected chi connectivity index (χ3v) is 5.28. The van der Waals surface area contributed by atoms with Crippen LogP contribution in [0.25, 0.3) is 11.4 Å². The van der Waals surface area contributed by atoms with Crippen molar-refractivity contribution in [1.82, 2.24) is 19.4 Å². The number of thioether (sulfide) groups is 1. The Labute approximate surface area is 167 Å². The van der Waals surface area contributed by atoms with Gasteiger partial charge in [0, 0.05) is 28.7 Å². The standard InChI is InChI=1S/C19H23N5O3S/c1-11(2)23-12(3)8-15(13(23)4)9-20-24-18(16-6-7-27-14(16)5)21-22-19(24)28-10-17(25)26/h6-9,11H,10H2,1-5H3,(H,25,26)/p-1/b20-9-. The zero-order valence-corrected chi connectivity index (χ0v) is 17.3. The van der Waals surface area contributed by atoms with Gasteiger partial charge in [0.05, 0.1) is 24.0 Å². The fourth-order valence-electron chi connectivity index (χ4n) is 3.22. The van der Waals surface area contributed by atoms with Gasteiger partial charge in [0.1, 0.15) is 5.76 Å². The second-order valence-electron chi connectivity index (χ2n) is 6.70. The molecule has 0 bridgehead atoms. The highest BCUT2D eigenvalue weighted by molar-refractivity contribution is 7.99. The van der Waals surface area contributed by atoms with Crippen LogP contribution in [0.1, 0.15) is 42.6 Å². The molecular formula is C19H22N5O3S-. The Balaban J connectivity index is 2.03. The van der Waals surface area contributed by atoms with Gasteiger partial charge in [-0.15, -0.1) is 10.2 Å². The Morgan fingerprint density at radius 3 is 2.68 bits per heavy atom. The lowest BCUT2D eigenvalue weighted by Gasteiger charge is -2.13. The molecule has 3 heterocycles. The SMILES string of the molecule is Cc1occc1-c1nnc(SCC(=O)[O-])n1/N=C\c1cc(C)n(C(C)C)c1C. The first-order chi connectivity index (χ1) is 13.3. The monoisotopic (exact) mass is 400 g/mol. The van der Waals surface area contributed by atoms with Crippen LogP contribution in [0.15, 0.2) is 33.1 Å². The molecule has 0 aromatic carbocycles. The van der Waals surface area contributed by atoms with Crippen LogP contribution >= 0.6 is 11.8 Å². The minimum atomic E-state index is -1.18. The largest absolute Gasteiger partial charge is 0.549 e. The number of carbonyl (C=O) groups excluding carboxylic acids is 1. The van der Waals surface area contributed by atoms with E-state index in [1.165, 1.54) is 4.68 Å². The number of aryl methyl sites for hydroxylation is 2. The first kappa shape index (κ1) is 19.9. The summed E-state index contributed by atoms with van der Waals surface area (Å²) >= 11 is 1.01. The van der Waals surface area contributed by atoms with Gasteiger partial charge in [-0.1, -0.05) is 11.8 Å². The van der Waals surface area contributed by atoms with Gasteiger partial charge in [-0.2, -0.15) is 9.78 Å². The lowest BCUT2D eigenvalue weighted by molar-refractivity contribution is -0.301. The van der Waals surface area contributed by atoms with Gasteiger partial charge < -0.3 is 18.9 Å². The third kappa shape index (κ3) is 3.89. The van der Waals surface area contributed by atoms with E-state index in [9.17, 15) is 9.90 Å². The van der Waals surface area contributed by atoms with Crippen molar-refractivity contribution in [3.05, 3.63) is 41.1 Å². The predicted octanol–water partition coefficient (Wildman–Crippen LogP) is 2.57. The lowest BCUT2D eigenvalue weighted by Crippen LogP contribution is -2.24. The van der Waals surface area contributed by atoms with E-state index in [0.717, 1.165) is 34.3 Å². The van der Waals surface area contributed by atoms with Crippen LogP contribution in [0.3, 0.4) is 0 Å². The molecule has 0 radical (unpaired) electrons. The van der Waals surface area contributed by atoms with Crippen molar-refractivity contribution in [2.45, 2.75) is 45.8 Å². The fourth-order valence-corrected chi connectivity index (χ4v) is 3.82. The quantitative estimate of drug-likeness (QED) is 0.446. The second-order valence-corrected chi connectivity index (χ2v) is 7.65. The summed E-state index contributed by atoms with van der Waals surface area (Å²) in [6.45, 7) is 10.2. The summed E-state index contributed by atoms with van der Waals surface area (Å²) in [5, 5.41) is 24.1. The number of carboxylic acids is 1. The molecule has 0 aliphatic heterocycles. The van der Waals surface area contributed by atoms with Crippen molar-refractivity contribution in [2.75, 3.05) is 5.75 Å². The molecule has 0 N–H and O–H groups in total. The van der Waals surface area contributed by atoms with Crippen LogP contribution in [-0.4, -0.2) is 37.4 Å². The first-order valence-corrected chi connectivity index (χ1v) is 9.83. The van der Waals surface area contributed by atoms with E-state index in [-0.39, 0.29) is 5.75 Å².